The van der Waals surface area contributed by atoms with Gasteiger partial charge in [-0.25, -0.2) is 0 Å². The van der Waals surface area contributed by atoms with Gasteiger partial charge in [0.1, 0.15) is 11.8 Å². The Hall–Kier alpha value is -0.840. The van der Waals surface area contributed by atoms with E-state index >= 15 is 0 Å². The number of hydrogen-bond donors (Lipinski definition) is 0. The Bertz CT molecular complexity index is 151. The Morgan fingerprint density at radius 1 is 1.60 bits per heavy atom. The zero-order chi connectivity index (χ0) is 7.98. The molecule has 2 heteroatoms. The van der Waals surface area contributed by atoms with Crippen LogP contribution in [0.3, 0.4) is 0 Å². The Labute approximate surface area is 62.6 Å². The van der Waals surface area contributed by atoms with Gasteiger partial charge in [-0.15, -0.1) is 0 Å². The molecule has 0 bridgehead atoms. The fraction of sp³-hybridized carbons (Fsp3) is 0.750. The lowest BCUT2D eigenvalue weighted by molar-refractivity contribution is 0.684. The van der Waals surface area contributed by atoms with Crippen LogP contribution in [0.2, 0.25) is 0 Å². The van der Waals surface area contributed by atoms with Gasteiger partial charge < -0.3 is 0 Å². The third-order valence-electron chi connectivity index (χ3n) is 1.08. The van der Waals surface area contributed by atoms with Crippen LogP contribution in [0.4, 0.5) is 0 Å². The molecule has 0 spiro atoms. The van der Waals surface area contributed by atoms with Crippen molar-refractivity contribution in [2.45, 2.75) is 27.2 Å². The second-order valence-corrected chi connectivity index (χ2v) is 2.63. The van der Waals surface area contributed by atoms with Gasteiger partial charge in [-0.1, -0.05) is 13.8 Å². The number of nitriles is 1. The molecular weight excluding hydrogens is 124 g/mol. The summed E-state index contributed by atoms with van der Waals surface area (Å²) >= 11 is 0. The quantitative estimate of drug-likeness (QED) is 0.549. The Kier molecular flexibility index (Phi) is 4.57. The van der Waals surface area contributed by atoms with Crippen LogP contribution >= 0.6 is 0 Å². The highest BCUT2D eigenvalue weighted by atomic mass is 14.7. The average Bonchev–Trinajstić information content (AvgIpc) is 1.86. The molecule has 0 amide bonds. The van der Waals surface area contributed by atoms with Crippen molar-refractivity contribution in [1.82, 2.24) is 0 Å². The lowest BCUT2D eigenvalue weighted by Crippen LogP contribution is -2.00. The summed E-state index contributed by atoms with van der Waals surface area (Å²) in [5.74, 6) is 0.532. The van der Waals surface area contributed by atoms with Crippen molar-refractivity contribution >= 4 is 5.71 Å². The van der Waals surface area contributed by atoms with Gasteiger partial charge in [0, 0.05) is 13.0 Å². The molecule has 0 aromatic rings. The molecule has 0 aliphatic carbocycles. The maximum absolute atomic E-state index is 8.53. The van der Waals surface area contributed by atoms with Crippen LogP contribution in [-0.4, -0.2) is 12.3 Å². The lowest BCUT2D eigenvalue weighted by Gasteiger charge is -1.99. The summed E-state index contributed by atoms with van der Waals surface area (Å²) in [5, 5.41) is 8.53. The summed E-state index contributed by atoms with van der Waals surface area (Å²) < 4.78 is 0. The monoisotopic (exact) mass is 138 g/mol. The Balaban J connectivity index is 3.87. The van der Waals surface area contributed by atoms with Gasteiger partial charge in [0.05, 0.1) is 0 Å². The molecule has 0 aromatic carbocycles. The minimum absolute atomic E-state index is 0.532. The molecular formula is C8H14N2. The molecule has 0 rings (SSSR count). The topological polar surface area (TPSA) is 36.1 Å². The fourth-order valence-electron chi connectivity index (χ4n) is 0.723. The molecule has 0 unspecified atom stereocenters. The van der Waals surface area contributed by atoms with E-state index in [1.165, 1.54) is 0 Å². The third kappa shape index (κ3) is 4.08. The van der Waals surface area contributed by atoms with Crippen LogP contribution in [0.25, 0.3) is 0 Å². The van der Waals surface area contributed by atoms with E-state index in [2.05, 4.69) is 24.9 Å². The highest BCUT2D eigenvalue weighted by molar-refractivity contribution is 5.98. The van der Waals surface area contributed by atoms with E-state index in [9.17, 15) is 0 Å². The fourth-order valence-corrected chi connectivity index (χ4v) is 0.723. The van der Waals surface area contributed by atoms with E-state index in [1.54, 1.807) is 0 Å². The average molecular weight is 138 g/mol. The first-order valence-electron chi connectivity index (χ1n) is 3.64. The number of aliphatic imine (C=N–C) groups is 1. The van der Waals surface area contributed by atoms with Crippen molar-refractivity contribution in [2.75, 3.05) is 6.54 Å². The van der Waals surface area contributed by atoms with E-state index in [0.29, 0.717) is 11.6 Å². The molecule has 0 saturated carbocycles. The van der Waals surface area contributed by atoms with Gasteiger partial charge in [0.15, 0.2) is 0 Å². The first-order chi connectivity index (χ1) is 4.70. The van der Waals surface area contributed by atoms with Crippen LogP contribution in [0.1, 0.15) is 27.2 Å². The largest absolute Gasteiger partial charge is 0.279 e. The van der Waals surface area contributed by atoms with Crippen molar-refractivity contribution in [3.05, 3.63) is 0 Å². The zero-order valence-electron chi connectivity index (χ0n) is 6.89. The van der Waals surface area contributed by atoms with E-state index in [4.69, 9.17) is 5.26 Å². The van der Waals surface area contributed by atoms with E-state index < -0.39 is 0 Å². The molecule has 0 radical (unpaired) electrons. The van der Waals surface area contributed by atoms with Gasteiger partial charge in [0.2, 0.25) is 0 Å². The first kappa shape index (κ1) is 9.16. The van der Waals surface area contributed by atoms with Crippen molar-refractivity contribution in [1.29, 1.82) is 5.26 Å². The predicted molar refractivity (Wildman–Crippen MR) is 43.0 cm³/mol. The highest BCUT2D eigenvalue weighted by Crippen LogP contribution is 2.00. The van der Waals surface area contributed by atoms with Crippen molar-refractivity contribution in [2.24, 2.45) is 10.9 Å². The normalized spacial score (nSPS) is 11.7. The minimum atomic E-state index is 0.532. The minimum Gasteiger partial charge on any atom is -0.279 e. The Morgan fingerprint density at radius 3 is 2.50 bits per heavy atom. The summed E-state index contributed by atoms with van der Waals surface area (Å²) in [7, 11) is 0. The molecule has 10 heavy (non-hydrogen) atoms. The lowest BCUT2D eigenvalue weighted by atomic mass is 10.1. The number of nitrogens with zero attached hydrogens (tertiary/aromatic N) is 2. The number of hydrogen-bond acceptors (Lipinski definition) is 2. The van der Waals surface area contributed by atoms with E-state index in [0.717, 1.165) is 13.0 Å². The molecule has 0 heterocycles. The molecule has 0 N–H and O–H groups in total. The summed E-state index contributed by atoms with van der Waals surface area (Å²) in [6.07, 6.45) is 0.810. The molecule has 0 atom stereocenters. The molecule has 2 nitrogen and oxygen atoms in total. The molecule has 0 saturated heterocycles. The Morgan fingerprint density at radius 2 is 2.20 bits per heavy atom. The standard InChI is InChI=1S/C8H14N2/c1-4-10-8(6-9)5-7(2)3/h7H,4-5H2,1-3H3. The zero-order valence-corrected chi connectivity index (χ0v) is 6.89. The SMILES string of the molecule is CCN=C(C#N)CC(C)C. The summed E-state index contributed by atoms with van der Waals surface area (Å²) in [5.41, 5.74) is 0.678. The smallest absolute Gasteiger partial charge is 0.114 e. The van der Waals surface area contributed by atoms with E-state index in [-0.39, 0.29) is 0 Å². The maximum Gasteiger partial charge on any atom is 0.114 e. The molecule has 0 aromatic heterocycles. The van der Waals surface area contributed by atoms with Gasteiger partial charge in [0.25, 0.3) is 0 Å². The highest BCUT2D eigenvalue weighted by Gasteiger charge is 1.99. The van der Waals surface area contributed by atoms with Crippen LogP contribution in [0, 0.1) is 17.2 Å². The van der Waals surface area contributed by atoms with Gasteiger partial charge in [-0.05, 0) is 12.8 Å². The predicted octanol–water partition coefficient (Wildman–Crippen LogP) is 2.02. The van der Waals surface area contributed by atoms with Gasteiger partial charge >= 0.3 is 0 Å². The molecule has 56 valence electrons. The van der Waals surface area contributed by atoms with E-state index in [1.807, 2.05) is 6.92 Å². The summed E-state index contributed by atoms with van der Waals surface area (Å²) in [6, 6.07) is 2.08. The summed E-state index contributed by atoms with van der Waals surface area (Å²) in [4.78, 5) is 4.04. The van der Waals surface area contributed by atoms with Crippen molar-refractivity contribution < 1.29 is 0 Å². The van der Waals surface area contributed by atoms with Gasteiger partial charge in [-0.3, -0.25) is 4.99 Å². The third-order valence-corrected chi connectivity index (χ3v) is 1.08. The van der Waals surface area contributed by atoms with Crippen molar-refractivity contribution in [3.8, 4) is 6.07 Å². The molecule has 0 aliphatic heterocycles. The van der Waals surface area contributed by atoms with Crippen LogP contribution in [0.15, 0.2) is 4.99 Å². The summed E-state index contributed by atoms with van der Waals surface area (Å²) in [6.45, 7) is 6.83. The second-order valence-electron chi connectivity index (χ2n) is 2.63. The maximum atomic E-state index is 8.53. The van der Waals surface area contributed by atoms with Gasteiger partial charge in [-0.2, -0.15) is 5.26 Å². The van der Waals surface area contributed by atoms with Crippen LogP contribution < -0.4 is 0 Å². The van der Waals surface area contributed by atoms with Crippen LogP contribution in [0.5, 0.6) is 0 Å². The van der Waals surface area contributed by atoms with Crippen molar-refractivity contribution in [3.63, 3.8) is 0 Å². The first-order valence-corrected chi connectivity index (χ1v) is 3.64. The van der Waals surface area contributed by atoms with Crippen LogP contribution in [-0.2, 0) is 0 Å². The molecule has 0 aliphatic rings. The molecule has 0 fully saturated rings. The second kappa shape index (κ2) is 4.99. The number of rotatable bonds is 3.